The largest absolute Gasteiger partial charge is 0.369 e. The van der Waals surface area contributed by atoms with Crippen LogP contribution in [0.15, 0.2) is 24.3 Å². The predicted octanol–water partition coefficient (Wildman–Crippen LogP) is 2.17. The van der Waals surface area contributed by atoms with Gasteiger partial charge in [-0.25, -0.2) is 0 Å². The summed E-state index contributed by atoms with van der Waals surface area (Å²) in [5.41, 5.74) is 1.25. The third-order valence-electron chi connectivity index (χ3n) is 4.02. The van der Waals surface area contributed by atoms with Crippen molar-refractivity contribution in [2.24, 2.45) is 0 Å². The Morgan fingerprint density at radius 2 is 2.10 bits per heavy atom. The normalized spacial score (nSPS) is 24.9. The lowest BCUT2D eigenvalue weighted by atomic mass is 10.2. The molecule has 0 aromatic heterocycles. The van der Waals surface area contributed by atoms with Crippen LogP contribution in [0.25, 0.3) is 0 Å². The first-order valence-electron chi connectivity index (χ1n) is 7.35. The van der Waals surface area contributed by atoms with Gasteiger partial charge in [0.25, 0.3) is 0 Å². The maximum absolute atomic E-state index is 6.07. The van der Waals surface area contributed by atoms with Crippen LogP contribution in [0.1, 0.15) is 0 Å². The van der Waals surface area contributed by atoms with Crippen molar-refractivity contribution in [3.63, 3.8) is 0 Å². The molecule has 0 aliphatic carbocycles. The minimum Gasteiger partial charge on any atom is -0.369 e. The van der Waals surface area contributed by atoms with Crippen molar-refractivity contribution in [1.82, 2.24) is 10.2 Å². The Bertz CT molecular complexity index is 429. The van der Waals surface area contributed by atoms with Gasteiger partial charge < -0.3 is 10.2 Å². The second-order valence-corrected chi connectivity index (χ2v) is 7.08. The highest BCUT2D eigenvalue weighted by atomic mass is 35.5. The minimum atomic E-state index is 0.673. The van der Waals surface area contributed by atoms with E-state index in [0.29, 0.717) is 6.04 Å². The van der Waals surface area contributed by atoms with Crippen LogP contribution in [0.3, 0.4) is 0 Å². The summed E-state index contributed by atoms with van der Waals surface area (Å²) in [5, 5.41) is 4.45. The van der Waals surface area contributed by atoms with E-state index >= 15 is 0 Å². The molecule has 2 heterocycles. The second-order valence-electron chi connectivity index (χ2n) is 5.49. The van der Waals surface area contributed by atoms with Gasteiger partial charge in [-0.1, -0.05) is 17.7 Å². The molecule has 2 aliphatic rings. The van der Waals surface area contributed by atoms with Crippen LogP contribution in [0.5, 0.6) is 0 Å². The number of nitrogens with one attached hydrogen (secondary N) is 1. The molecular weight excluding hydrogens is 290 g/mol. The van der Waals surface area contributed by atoms with E-state index in [4.69, 9.17) is 11.6 Å². The highest BCUT2D eigenvalue weighted by Gasteiger charge is 2.21. The van der Waals surface area contributed by atoms with Crippen molar-refractivity contribution in [2.75, 3.05) is 55.7 Å². The van der Waals surface area contributed by atoms with Gasteiger partial charge in [-0.2, -0.15) is 11.8 Å². The summed E-state index contributed by atoms with van der Waals surface area (Å²) in [4.78, 5) is 5.02. The SMILES string of the molecule is Clc1cccc(N2CCN(CC3CSCCN3)CC2)c1. The molecule has 3 rings (SSSR count). The molecule has 1 atom stereocenters. The number of rotatable bonds is 3. The Balaban J connectivity index is 1.49. The van der Waals surface area contributed by atoms with Gasteiger partial charge in [0.1, 0.15) is 0 Å². The van der Waals surface area contributed by atoms with Crippen LogP contribution < -0.4 is 10.2 Å². The molecule has 1 N–H and O–H groups in total. The first-order valence-corrected chi connectivity index (χ1v) is 8.88. The quantitative estimate of drug-likeness (QED) is 0.922. The molecule has 1 unspecified atom stereocenters. The molecule has 2 saturated heterocycles. The lowest BCUT2D eigenvalue weighted by Crippen LogP contribution is -2.52. The molecular formula is C15H22ClN3S. The summed E-state index contributed by atoms with van der Waals surface area (Å²) in [7, 11) is 0. The van der Waals surface area contributed by atoms with E-state index in [1.165, 1.54) is 23.7 Å². The average Bonchev–Trinajstić information content (AvgIpc) is 2.49. The summed E-state index contributed by atoms with van der Waals surface area (Å²) in [6.45, 7) is 6.85. The van der Waals surface area contributed by atoms with Gasteiger partial charge in [0, 0.05) is 67.5 Å². The highest BCUT2D eigenvalue weighted by molar-refractivity contribution is 7.99. The molecule has 0 radical (unpaired) electrons. The Morgan fingerprint density at radius 1 is 1.25 bits per heavy atom. The number of benzene rings is 1. The van der Waals surface area contributed by atoms with Gasteiger partial charge in [0.05, 0.1) is 0 Å². The molecule has 1 aromatic rings. The van der Waals surface area contributed by atoms with Crippen LogP contribution in [-0.4, -0.2) is 61.7 Å². The van der Waals surface area contributed by atoms with Gasteiger partial charge in [-0.3, -0.25) is 4.90 Å². The van der Waals surface area contributed by atoms with Crippen molar-refractivity contribution in [1.29, 1.82) is 0 Å². The van der Waals surface area contributed by atoms with Crippen molar-refractivity contribution in [3.8, 4) is 0 Å². The molecule has 0 amide bonds. The van der Waals surface area contributed by atoms with Crippen LogP contribution in [0.2, 0.25) is 5.02 Å². The second kappa shape index (κ2) is 7.03. The summed E-state index contributed by atoms with van der Waals surface area (Å²) >= 11 is 8.15. The van der Waals surface area contributed by atoms with Crippen molar-refractivity contribution < 1.29 is 0 Å². The van der Waals surface area contributed by atoms with Gasteiger partial charge in [0.2, 0.25) is 0 Å². The topological polar surface area (TPSA) is 18.5 Å². The number of anilines is 1. The lowest BCUT2D eigenvalue weighted by molar-refractivity contribution is 0.235. The predicted molar refractivity (Wildman–Crippen MR) is 89.2 cm³/mol. The van der Waals surface area contributed by atoms with E-state index in [1.807, 2.05) is 12.1 Å². The smallest absolute Gasteiger partial charge is 0.0426 e. The molecule has 0 spiro atoms. The van der Waals surface area contributed by atoms with Crippen LogP contribution in [0, 0.1) is 0 Å². The molecule has 0 bridgehead atoms. The fourth-order valence-electron chi connectivity index (χ4n) is 2.91. The molecule has 20 heavy (non-hydrogen) atoms. The fraction of sp³-hybridized carbons (Fsp3) is 0.600. The van der Waals surface area contributed by atoms with E-state index in [2.05, 4.69) is 39.0 Å². The van der Waals surface area contributed by atoms with E-state index in [0.717, 1.165) is 37.7 Å². The third-order valence-corrected chi connectivity index (χ3v) is 5.39. The Labute approximate surface area is 130 Å². The molecule has 110 valence electrons. The monoisotopic (exact) mass is 311 g/mol. The maximum Gasteiger partial charge on any atom is 0.0426 e. The number of hydrogen-bond donors (Lipinski definition) is 1. The molecule has 2 aliphatic heterocycles. The first kappa shape index (κ1) is 14.5. The Kier molecular flexibility index (Phi) is 5.10. The molecule has 3 nitrogen and oxygen atoms in total. The molecule has 0 saturated carbocycles. The van der Waals surface area contributed by atoms with Crippen molar-refractivity contribution in [2.45, 2.75) is 6.04 Å². The third kappa shape index (κ3) is 3.82. The van der Waals surface area contributed by atoms with Gasteiger partial charge in [0.15, 0.2) is 0 Å². The van der Waals surface area contributed by atoms with Crippen LogP contribution in [-0.2, 0) is 0 Å². The average molecular weight is 312 g/mol. The zero-order valence-electron chi connectivity index (χ0n) is 11.7. The highest BCUT2D eigenvalue weighted by Crippen LogP contribution is 2.21. The number of hydrogen-bond acceptors (Lipinski definition) is 4. The summed E-state index contributed by atoms with van der Waals surface area (Å²) in [6, 6.07) is 8.87. The van der Waals surface area contributed by atoms with E-state index in [9.17, 15) is 0 Å². The lowest BCUT2D eigenvalue weighted by Gasteiger charge is -2.38. The number of piperazine rings is 1. The summed E-state index contributed by atoms with van der Waals surface area (Å²) in [6.07, 6.45) is 0. The number of halogens is 1. The zero-order chi connectivity index (χ0) is 13.8. The standard InChI is InChI=1S/C15H22ClN3S/c16-13-2-1-3-15(10-13)19-7-5-18(6-8-19)11-14-12-20-9-4-17-14/h1-3,10,14,17H,4-9,11-12H2. The number of thioether (sulfide) groups is 1. The van der Waals surface area contributed by atoms with Gasteiger partial charge in [-0.15, -0.1) is 0 Å². The van der Waals surface area contributed by atoms with Gasteiger partial charge in [-0.05, 0) is 18.2 Å². The summed E-state index contributed by atoms with van der Waals surface area (Å²) in [5.74, 6) is 2.52. The Hall–Kier alpha value is -0.420. The Morgan fingerprint density at radius 3 is 2.80 bits per heavy atom. The van der Waals surface area contributed by atoms with Crippen LogP contribution in [0.4, 0.5) is 5.69 Å². The fourth-order valence-corrected chi connectivity index (χ4v) is 4.03. The maximum atomic E-state index is 6.07. The van der Waals surface area contributed by atoms with E-state index < -0.39 is 0 Å². The molecule has 2 fully saturated rings. The molecule has 5 heteroatoms. The van der Waals surface area contributed by atoms with Crippen molar-refractivity contribution in [3.05, 3.63) is 29.3 Å². The van der Waals surface area contributed by atoms with E-state index in [-0.39, 0.29) is 0 Å². The number of nitrogens with zero attached hydrogens (tertiary/aromatic N) is 2. The van der Waals surface area contributed by atoms with Crippen molar-refractivity contribution >= 4 is 29.1 Å². The van der Waals surface area contributed by atoms with E-state index in [1.54, 1.807) is 0 Å². The minimum absolute atomic E-state index is 0.673. The zero-order valence-corrected chi connectivity index (χ0v) is 13.3. The summed E-state index contributed by atoms with van der Waals surface area (Å²) < 4.78 is 0. The first-order chi connectivity index (χ1) is 9.81. The van der Waals surface area contributed by atoms with Crippen LogP contribution >= 0.6 is 23.4 Å². The molecule has 1 aromatic carbocycles. The van der Waals surface area contributed by atoms with Gasteiger partial charge >= 0.3 is 0 Å².